The number of halogens is 1. The van der Waals surface area contributed by atoms with Crippen molar-refractivity contribution < 1.29 is 4.74 Å². The van der Waals surface area contributed by atoms with Gasteiger partial charge >= 0.3 is 0 Å². The van der Waals surface area contributed by atoms with Gasteiger partial charge in [0.15, 0.2) is 5.65 Å². The quantitative estimate of drug-likeness (QED) is 0.789. The van der Waals surface area contributed by atoms with Crippen molar-refractivity contribution in [2.75, 3.05) is 7.11 Å². The van der Waals surface area contributed by atoms with Gasteiger partial charge in [-0.15, -0.1) is 0 Å². The molecule has 0 saturated carbocycles. The lowest BCUT2D eigenvalue weighted by atomic mass is 10.2. The van der Waals surface area contributed by atoms with E-state index in [1.807, 2.05) is 30.3 Å². The number of hydrogen-bond donors (Lipinski definition) is 1. The van der Waals surface area contributed by atoms with E-state index in [1.165, 1.54) is 0 Å². The molecular weight excluding hydrogens is 294 g/mol. The molecule has 0 fully saturated rings. The van der Waals surface area contributed by atoms with Crippen LogP contribution in [0.1, 0.15) is 0 Å². The lowest BCUT2D eigenvalue weighted by Gasteiger charge is -2.01. The maximum atomic E-state index is 5.20. The van der Waals surface area contributed by atoms with E-state index in [0.717, 1.165) is 27.1 Å². The van der Waals surface area contributed by atoms with Crippen LogP contribution in [-0.2, 0) is 0 Å². The number of imidazole rings is 1. The fourth-order valence-electron chi connectivity index (χ4n) is 1.78. The molecule has 0 spiro atoms. The highest BCUT2D eigenvalue weighted by Crippen LogP contribution is 2.24. The minimum absolute atomic E-state index is 0.705. The van der Waals surface area contributed by atoms with Gasteiger partial charge in [-0.1, -0.05) is 12.1 Å². The Morgan fingerprint density at radius 2 is 2.17 bits per heavy atom. The van der Waals surface area contributed by atoms with Crippen LogP contribution in [0.5, 0.6) is 5.75 Å². The molecular formula is C13H10BrN3O. The Balaban J connectivity index is 2.13. The normalized spacial score (nSPS) is 10.8. The standard InChI is InChI=1S/C13H10BrN3O/c1-18-10-4-2-3-8(5-10)12-16-11-6-9(14)7-15-13(11)17-12/h2-7H,1H3,(H,15,16,17). The van der Waals surface area contributed by atoms with Crippen LogP contribution in [0.4, 0.5) is 0 Å². The summed E-state index contributed by atoms with van der Waals surface area (Å²) < 4.78 is 6.13. The molecule has 3 rings (SSSR count). The Labute approximate surface area is 112 Å². The zero-order valence-corrected chi connectivity index (χ0v) is 11.2. The molecule has 5 heteroatoms. The molecule has 0 aliphatic heterocycles. The third-order valence-corrected chi connectivity index (χ3v) is 3.08. The fourth-order valence-corrected chi connectivity index (χ4v) is 2.11. The molecule has 2 heterocycles. The predicted octanol–water partition coefficient (Wildman–Crippen LogP) is 3.40. The van der Waals surface area contributed by atoms with Crippen molar-refractivity contribution in [1.29, 1.82) is 0 Å². The second-order valence-corrected chi connectivity index (χ2v) is 4.76. The number of aromatic nitrogens is 3. The summed E-state index contributed by atoms with van der Waals surface area (Å²) in [4.78, 5) is 12.0. The first kappa shape index (κ1) is 11.2. The molecule has 0 aliphatic rings. The van der Waals surface area contributed by atoms with Crippen LogP contribution in [0.15, 0.2) is 41.0 Å². The third-order valence-electron chi connectivity index (χ3n) is 2.65. The topological polar surface area (TPSA) is 50.8 Å². The number of nitrogens with zero attached hydrogens (tertiary/aromatic N) is 2. The van der Waals surface area contributed by atoms with Crippen molar-refractivity contribution in [3.05, 3.63) is 41.0 Å². The summed E-state index contributed by atoms with van der Waals surface area (Å²) >= 11 is 3.39. The number of hydrogen-bond acceptors (Lipinski definition) is 3. The molecule has 0 unspecified atom stereocenters. The number of ether oxygens (including phenoxy) is 1. The lowest BCUT2D eigenvalue weighted by Crippen LogP contribution is -1.84. The van der Waals surface area contributed by atoms with Gasteiger partial charge in [-0.25, -0.2) is 9.97 Å². The zero-order valence-electron chi connectivity index (χ0n) is 9.64. The van der Waals surface area contributed by atoms with E-state index >= 15 is 0 Å². The molecule has 0 aliphatic carbocycles. The molecule has 90 valence electrons. The summed E-state index contributed by atoms with van der Waals surface area (Å²) in [5, 5.41) is 0. The Hall–Kier alpha value is -1.88. The van der Waals surface area contributed by atoms with Gasteiger partial charge in [-0.3, -0.25) is 0 Å². The average Bonchev–Trinajstić information content (AvgIpc) is 2.81. The van der Waals surface area contributed by atoms with Crippen molar-refractivity contribution in [3.8, 4) is 17.1 Å². The van der Waals surface area contributed by atoms with Crippen LogP contribution in [0.2, 0.25) is 0 Å². The highest BCUT2D eigenvalue weighted by molar-refractivity contribution is 9.10. The Morgan fingerprint density at radius 1 is 1.28 bits per heavy atom. The zero-order chi connectivity index (χ0) is 12.5. The van der Waals surface area contributed by atoms with Crippen LogP contribution in [0, 0.1) is 0 Å². The molecule has 4 nitrogen and oxygen atoms in total. The number of fused-ring (bicyclic) bond motifs is 1. The van der Waals surface area contributed by atoms with Crippen LogP contribution in [0.3, 0.4) is 0 Å². The predicted molar refractivity (Wildman–Crippen MR) is 73.6 cm³/mol. The molecule has 0 amide bonds. The molecule has 0 atom stereocenters. The summed E-state index contributed by atoms with van der Waals surface area (Å²) in [5.41, 5.74) is 2.58. The van der Waals surface area contributed by atoms with Crippen molar-refractivity contribution in [2.45, 2.75) is 0 Å². The van der Waals surface area contributed by atoms with Crippen LogP contribution < -0.4 is 4.74 Å². The Kier molecular flexibility index (Phi) is 2.76. The van der Waals surface area contributed by atoms with E-state index in [2.05, 4.69) is 30.9 Å². The number of benzene rings is 1. The first-order valence-corrected chi connectivity index (χ1v) is 6.21. The van der Waals surface area contributed by atoms with Gasteiger partial charge in [0.1, 0.15) is 11.6 Å². The molecule has 3 aromatic rings. The molecule has 2 aromatic heterocycles. The number of methoxy groups -OCH3 is 1. The largest absolute Gasteiger partial charge is 0.497 e. The number of pyridine rings is 1. The van der Waals surface area contributed by atoms with E-state index in [-0.39, 0.29) is 0 Å². The van der Waals surface area contributed by atoms with Crippen molar-refractivity contribution >= 4 is 27.1 Å². The summed E-state index contributed by atoms with van der Waals surface area (Å²) in [6.07, 6.45) is 1.73. The van der Waals surface area contributed by atoms with Crippen LogP contribution in [-0.4, -0.2) is 22.1 Å². The van der Waals surface area contributed by atoms with E-state index in [4.69, 9.17) is 4.74 Å². The first-order valence-electron chi connectivity index (χ1n) is 5.42. The smallest absolute Gasteiger partial charge is 0.178 e. The molecule has 0 saturated heterocycles. The third kappa shape index (κ3) is 1.97. The van der Waals surface area contributed by atoms with E-state index in [0.29, 0.717) is 5.65 Å². The second kappa shape index (κ2) is 4.42. The number of aromatic amines is 1. The minimum atomic E-state index is 0.705. The molecule has 0 bridgehead atoms. The number of H-pyrrole nitrogens is 1. The van der Waals surface area contributed by atoms with Gasteiger partial charge in [0, 0.05) is 16.2 Å². The monoisotopic (exact) mass is 303 g/mol. The van der Waals surface area contributed by atoms with Gasteiger partial charge < -0.3 is 9.72 Å². The second-order valence-electron chi connectivity index (χ2n) is 3.84. The van der Waals surface area contributed by atoms with Crippen molar-refractivity contribution in [2.24, 2.45) is 0 Å². The summed E-state index contributed by atoms with van der Waals surface area (Å²) in [6.45, 7) is 0. The van der Waals surface area contributed by atoms with E-state index in [9.17, 15) is 0 Å². The lowest BCUT2D eigenvalue weighted by molar-refractivity contribution is 0.415. The first-order chi connectivity index (χ1) is 8.76. The average molecular weight is 304 g/mol. The number of rotatable bonds is 2. The van der Waals surface area contributed by atoms with E-state index < -0.39 is 0 Å². The van der Waals surface area contributed by atoms with Gasteiger partial charge in [-0.05, 0) is 34.1 Å². The van der Waals surface area contributed by atoms with E-state index in [1.54, 1.807) is 13.3 Å². The summed E-state index contributed by atoms with van der Waals surface area (Å²) in [7, 11) is 1.65. The SMILES string of the molecule is COc1cccc(-c2nc3ncc(Br)cc3[nH]2)c1. The van der Waals surface area contributed by atoms with Gasteiger partial charge in [0.05, 0.1) is 12.6 Å². The van der Waals surface area contributed by atoms with Gasteiger partial charge in [-0.2, -0.15) is 0 Å². The molecule has 18 heavy (non-hydrogen) atoms. The van der Waals surface area contributed by atoms with Gasteiger partial charge in [0.2, 0.25) is 0 Å². The molecule has 0 radical (unpaired) electrons. The fraction of sp³-hybridized carbons (Fsp3) is 0.0769. The minimum Gasteiger partial charge on any atom is -0.497 e. The maximum Gasteiger partial charge on any atom is 0.178 e. The Morgan fingerprint density at radius 3 is 3.00 bits per heavy atom. The van der Waals surface area contributed by atoms with Crippen LogP contribution >= 0.6 is 15.9 Å². The summed E-state index contributed by atoms with van der Waals surface area (Å²) in [5.74, 6) is 1.59. The van der Waals surface area contributed by atoms with Crippen molar-refractivity contribution in [3.63, 3.8) is 0 Å². The summed E-state index contributed by atoms with van der Waals surface area (Å²) in [6, 6.07) is 9.72. The highest BCUT2D eigenvalue weighted by Gasteiger charge is 2.07. The molecule has 1 N–H and O–H groups in total. The Bertz CT molecular complexity index is 708. The molecule has 1 aromatic carbocycles. The van der Waals surface area contributed by atoms with Gasteiger partial charge in [0.25, 0.3) is 0 Å². The highest BCUT2D eigenvalue weighted by atomic mass is 79.9. The van der Waals surface area contributed by atoms with Crippen LogP contribution in [0.25, 0.3) is 22.6 Å². The van der Waals surface area contributed by atoms with Crippen molar-refractivity contribution in [1.82, 2.24) is 15.0 Å². The number of nitrogens with one attached hydrogen (secondary N) is 1. The maximum absolute atomic E-state index is 5.20.